The molecule has 2 N–H and O–H groups in total. The van der Waals surface area contributed by atoms with Gasteiger partial charge in [0.05, 0.1) is 13.2 Å². The van der Waals surface area contributed by atoms with Crippen molar-refractivity contribution >= 4 is 45.8 Å². The van der Waals surface area contributed by atoms with E-state index in [1.54, 1.807) is 0 Å². The summed E-state index contributed by atoms with van der Waals surface area (Å²) >= 11 is 0.220. The zero-order valence-electron chi connectivity index (χ0n) is 13.8. The Morgan fingerprint density at radius 1 is 0.667 bits per heavy atom. The Labute approximate surface area is 138 Å². The predicted molar refractivity (Wildman–Crippen MR) is 86.2 cm³/mol. The van der Waals surface area contributed by atoms with Gasteiger partial charge in [-0.3, -0.25) is 0 Å². The number of hydrogen-bond acceptors (Lipinski definition) is 4. The first-order chi connectivity index (χ1) is 8.37. The van der Waals surface area contributed by atoms with Crippen LogP contribution in [0.2, 0.25) is 18.7 Å². The van der Waals surface area contributed by atoms with E-state index in [0.29, 0.717) is 0 Å². The van der Waals surface area contributed by atoms with Gasteiger partial charge >= 0.3 is 64.5 Å². The number of likely N-dealkylation sites (N-methyl/N-ethyl adjacent to an activating group) is 2. The zero-order chi connectivity index (χ0) is 15.4. The Bertz CT molecular complexity index is 96.1. The van der Waals surface area contributed by atoms with Crippen molar-refractivity contribution in [3.05, 3.63) is 0 Å². The summed E-state index contributed by atoms with van der Waals surface area (Å²) in [5, 5.41) is 16.4. The summed E-state index contributed by atoms with van der Waals surface area (Å²) in [6.45, 7) is 2.04. The van der Waals surface area contributed by atoms with Gasteiger partial charge in [-0.05, 0) is 28.2 Å². The molecule has 0 spiro atoms. The molecular formula is C12H34In2N2O2. The van der Waals surface area contributed by atoms with Crippen LogP contribution in [0.25, 0.3) is 0 Å². The fourth-order valence-electron chi connectivity index (χ4n) is 0.400. The summed E-state index contributed by atoms with van der Waals surface area (Å²) in [6, 6.07) is 0. The molecule has 0 aliphatic rings. The molecule has 0 unspecified atom stereocenters. The molecule has 0 saturated heterocycles. The van der Waals surface area contributed by atoms with Gasteiger partial charge in [0.2, 0.25) is 0 Å². The van der Waals surface area contributed by atoms with Crippen LogP contribution in [0.4, 0.5) is 0 Å². The van der Waals surface area contributed by atoms with Gasteiger partial charge in [0.1, 0.15) is 0 Å². The standard InChI is InChI=1S/2C4H11NO.4CH3.2In/c2*1-5(2)3-4-6;;;;;;/h2*6H,3-4H2,1-2H3;4*1H3;;. The van der Waals surface area contributed by atoms with Crippen molar-refractivity contribution in [2.75, 3.05) is 54.5 Å². The topological polar surface area (TPSA) is 46.9 Å². The van der Waals surface area contributed by atoms with Crippen LogP contribution in [0, 0.1) is 0 Å². The molecule has 0 aromatic carbocycles. The Hall–Kier alpha value is 1.58. The van der Waals surface area contributed by atoms with E-state index in [1.807, 2.05) is 38.0 Å². The third-order valence-electron chi connectivity index (χ3n) is 1.09. The molecule has 0 saturated carbocycles. The molecule has 0 aliphatic heterocycles. The van der Waals surface area contributed by atoms with Gasteiger partial charge in [-0.2, -0.15) is 0 Å². The van der Waals surface area contributed by atoms with Gasteiger partial charge in [0.15, 0.2) is 0 Å². The van der Waals surface area contributed by atoms with Crippen LogP contribution in [0.5, 0.6) is 0 Å². The summed E-state index contributed by atoms with van der Waals surface area (Å²) in [7, 11) is 7.71. The monoisotopic (exact) mass is 468 g/mol. The molecule has 0 aromatic heterocycles. The van der Waals surface area contributed by atoms with E-state index in [9.17, 15) is 0 Å². The molecule has 0 amide bonds. The molecule has 110 valence electrons. The molecule has 18 heavy (non-hydrogen) atoms. The molecule has 6 heteroatoms. The molecule has 0 aliphatic carbocycles. The summed E-state index contributed by atoms with van der Waals surface area (Å²) in [5.41, 5.74) is 0. The molecule has 4 nitrogen and oxygen atoms in total. The Morgan fingerprint density at radius 2 is 0.833 bits per heavy atom. The molecule has 0 aromatic rings. The predicted octanol–water partition coefficient (Wildman–Crippen LogP) is 0.654. The average Bonchev–Trinajstić information content (AvgIpc) is 2.20. The van der Waals surface area contributed by atoms with E-state index in [0.717, 1.165) is 13.1 Å². The van der Waals surface area contributed by atoms with Crippen molar-refractivity contribution in [3.63, 3.8) is 0 Å². The van der Waals surface area contributed by atoms with Crippen LogP contribution in [0.3, 0.4) is 0 Å². The summed E-state index contributed by atoms with van der Waals surface area (Å²) in [4.78, 5) is 3.86. The number of aliphatic hydroxyl groups excluding tert-OH is 2. The van der Waals surface area contributed by atoms with Gasteiger partial charge in [0.25, 0.3) is 0 Å². The summed E-state index contributed by atoms with van der Waals surface area (Å²) in [6.07, 6.45) is 0. The number of hydrogen-bond donors (Lipinski definition) is 2. The van der Waals surface area contributed by atoms with E-state index < -0.39 is 0 Å². The molecule has 2 radical (unpaired) electrons. The van der Waals surface area contributed by atoms with Crippen LogP contribution in [0.1, 0.15) is 0 Å². The van der Waals surface area contributed by atoms with Gasteiger partial charge in [-0.15, -0.1) is 0 Å². The first-order valence-electron chi connectivity index (χ1n) is 6.36. The molecule has 0 heterocycles. The maximum atomic E-state index is 8.20. The second-order valence-electron chi connectivity index (χ2n) is 4.21. The van der Waals surface area contributed by atoms with Gasteiger partial charge < -0.3 is 20.0 Å². The van der Waals surface area contributed by atoms with Crippen LogP contribution < -0.4 is 0 Å². The van der Waals surface area contributed by atoms with Gasteiger partial charge in [-0.25, -0.2) is 0 Å². The summed E-state index contributed by atoms with van der Waals surface area (Å²) in [5.74, 6) is 0. The Kier molecular flexibility index (Phi) is 48.2. The van der Waals surface area contributed by atoms with Crippen LogP contribution in [-0.2, 0) is 0 Å². The normalized spacial score (nSPS) is 8.22. The van der Waals surface area contributed by atoms with E-state index in [-0.39, 0.29) is 59.0 Å². The minimum absolute atomic E-state index is 0.110. The van der Waals surface area contributed by atoms with E-state index in [2.05, 4.69) is 18.7 Å². The van der Waals surface area contributed by atoms with Crippen LogP contribution in [-0.4, -0.2) is 120 Å². The fraction of sp³-hybridized carbons (Fsp3) is 1.00. The zero-order valence-corrected chi connectivity index (χ0v) is 20.4. The van der Waals surface area contributed by atoms with Crippen molar-refractivity contribution in [1.82, 2.24) is 9.80 Å². The average molecular weight is 468 g/mol. The van der Waals surface area contributed by atoms with Gasteiger partial charge in [0, 0.05) is 13.1 Å². The maximum absolute atomic E-state index is 8.20. The van der Waals surface area contributed by atoms with Crippen molar-refractivity contribution in [2.45, 2.75) is 18.7 Å². The molecular weight excluding hydrogens is 434 g/mol. The molecule has 0 bridgehead atoms. The second kappa shape index (κ2) is 31.1. The van der Waals surface area contributed by atoms with Crippen molar-refractivity contribution < 1.29 is 10.2 Å². The van der Waals surface area contributed by atoms with Crippen LogP contribution >= 0.6 is 0 Å². The Balaban J connectivity index is -0.0000000770. The van der Waals surface area contributed by atoms with E-state index in [4.69, 9.17) is 10.2 Å². The molecule has 0 fully saturated rings. The minimum atomic E-state index is 0.110. The van der Waals surface area contributed by atoms with Crippen molar-refractivity contribution in [2.24, 2.45) is 0 Å². The first kappa shape index (κ1) is 27.8. The molecule has 0 rings (SSSR count). The number of rotatable bonds is 4. The first-order valence-corrected chi connectivity index (χ1v) is 19.5. The van der Waals surface area contributed by atoms with E-state index in [1.165, 1.54) is 0 Å². The van der Waals surface area contributed by atoms with Crippen molar-refractivity contribution in [3.8, 4) is 0 Å². The number of aliphatic hydroxyl groups is 2. The van der Waals surface area contributed by atoms with Gasteiger partial charge in [-0.1, -0.05) is 0 Å². The SMILES string of the molecule is CN(C)CCO.CN(C)CCO.[CH3][In][CH3].[CH3][In][CH3]. The van der Waals surface area contributed by atoms with Crippen LogP contribution in [0.15, 0.2) is 0 Å². The third kappa shape index (κ3) is 84.1. The number of nitrogens with zero attached hydrogens (tertiary/aromatic N) is 2. The Morgan fingerprint density at radius 3 is 0.833 bits per heavy atom. The molecule has 0 atom stereocenters. The quantitative estimate of drug-likeness (QED) is 0.637. The van der Waals surface area contributed by atoms with Crippen molar-refractivity contribution in [1.29, 1.82) is 0 Å². The summed E-state index contributed by atoms with van der Waals surface area (Å²) < 4.78 is 9.26. The second-order valence-corrected chi connectivity index (χ2v) is 10.8. The van der Waals surface area contributed by atoms with E-state index >= 15 is 0 Å². The third-order valence-corrected chi connectivity index (χ3v) is 1.09. The fourth-order valence-corrected chi connectivity index (χ4v) is 0.400.